The summed E-state index contributed by atoms with van der Waals surface area (Å²) in [6, 6.07) is 9.31. The fraction of sp³-hybridized carbons (Fsp3) is 0.333. The highest BCUT2D eigenvalue weighted by Crippen LogP contribution is 2.27. The van der Waals surface area contributed by atoms with Crippen LogP contribution in [0.3, 0.4) is 0 Å². The maximum absolute atomic E-state index is 9.62. The normalized spacial score (nSPS) is 21.0. The van der Waals surface area contributed by atoms with E-state index in [2.05, 4.69) is 10.4 Å². The van der Waals surface area contributed by atoms with Crippen molar-refractivity contribution in [2.45, 2.75) is 37.8 Å². The first kappa shape index (κ1) is 15.0. The molecular formula is C18H20N4O2. The second kappa shape index (κ2) is 6.13. The van der Waals surface area contributed by atoms with Gasteiger partial charge in [0.15, 0.2) is 5.65 Å². The zero-order valence-electron chi connectivity index (χ0n) is 13.3. The summed E-state index contributed by atoms with van der Waals surface area (Å²) in [4.78, 5) is 4.71. The summed E-state index contributed by atoms with van der Waals surface area (Å²) >= 11 is 0. The van der Waals surface area contributed by atoms with Crippen LogP contribution in [0.4, 0.5) is 5.82 Å². The standard InChI is InChI=1S/C18H20N4O2/c23-14-5-1-12(2-6-14)16-11-19-22-10-9-17(21-18(16)22)20-13-3-7-15(24)8-4-13/h1-2,5-6,9-11,13,15,23-24H,3-4,7-8H2,(H,20,21). The molecule has 6 heteroatoms. The van der Waals surface area contributed by atoms with Gasteiger partial charge in [-0.05, 0) is 49.4 Å². The number of aliphatic hydroxyl groups excluding tert-OH is 1. The molecule has 1 aliphatic carbocycles. The van der Waals surface area contributed by atoms with Gasteiger partial charge >= 0.3 is 0 Å². The summed E-state index contributed by atoms with van der Waals surface area (Å²) in [5, 5.41) is 26.9. The lowest BCUT2D eigenvalue weighted by atomic mass is 9.93. The van der Waals surface area contributed by atoms with Crippen LogP contribution in [0.5, 0.6) is 5.75 Å². The predicted molar refractivity (Wildman–Crippen MR) is 92.0 cm³/mol. The van der Waals surface area contributed by atoms with E-state index in [1.165, 1.54) is 0 Å². The average Bonchev–Trinajstić information content (AvgIpc) is 3.01. The minimum absolute atomic E-state index is 0.158. The molecule has 4 rings (SSSR count). The van der Waals surface area contributed by atoms with Crippen LogP contribution in [0, 0.1) is 0 Å². The van der Waals surface area contributed by atoms with Crippen molar-refractivity contribution < 1.29 is 10.2 Å². The van der Waals surface area contributed by atoms with Crippen molar-refractivity contribution in [1.82, 2.24) is 14.6 Å². The number of aromatic nitrogens is 3. The number of fused-ring (bicyclic) bond motifs is 1. The molecule has 0 unspecified atom stereocenters. The Morgan fingerprint density at radius 1 is 1.04 bits per heavy atom. The summed E-state index contributed by atoms with van der Waals surface area (Å²) < 4.78 is 1.75. The van der Waals surface area contributed by atoms with Crippen molar-refractivity contribution in [3.8, 4) is 16.9 Å². The molecule has 0 atom stereocenters. The molecule has 0 bridgehead atoms. The summed E-state index contributed by atoms with van der Waals surface area (Å²) in [6.07, 6.45) is 7.11. The van der Waals surface area contributed by atoms with Gasteiger partial charge in [0, 0.05) is 17.8 Å². The number of nitrogens with one attached hydrogen (secondary N) is 1. The van der Waals surface area contributed by atoms with Crippen LogP contribution in [0.25, 0.3) is 16.8 Å². The van der Waals surface area contributed by atoms with E-state index in [-0.39, 0.29) is 11.9 Å². The minimum atomic E-state index is -0.158. The molecule has 0 radical (unpaired) electrons. The molecule has 1 aliphatic rings. The Hall–Kier alpha value is -2.60. The zero-order valence-corrected chi connectivity index (χ0v) is 13.3. The van der Waals surface area contributed by atoms with Crippen LogP contribution in [0.1, 0.15) is 25.7 Å². The summed E-state index contributed by atoms with van der Waals surface area (Å²) in [5.41, 5.74) is 2.67. The summed E-state index contributed by atoms with van der Waals surface area (Å²) in [7, 11) is 0. The van der Waals surface area contributed by atoms with Gasteiger partial charge in [-0.25, -0.2) is 9.50 Å². The van der Waals surface area contributed by atoms with Crippen molar-refractivity contribution in [3.05, 3.63) is 42.7 Å². The highest BCUT2D eigenvalue weighted by atomic mass is 16.3. The smallest absolute Gasteiger partial charge is 0.165 e. The molecule has 1 saturated carbocycles. The van der Waals surface area contributed by atoms with Crippen molar-refractivity contribution in [1.29, 1.82) is 0 Å². The molecule has 0 spiro atoms. The number of benzene rings is 1. The van der Waals surface area contributed by atoms with Gasteiger partial charge in [0.25, 0.3) is 0 Å². The Morgan fingerprint density at radius 2 is 1.79 bits per heavy atom. The van der Waals surface area contributed by atoms with Crippen LogP contribution in [0.15, 0.2) is 42.7 Å². The van der Waals surface area contributed by atoms with Gasteiger partial charge in [-0.1, -0.05) is 12.1 Å². The fourth-order valence-corrected chi connectivity index (χ4v) is 3.22. The van der Waals surface area contributed by atoms with E-state index in [1.807, 2.05) is 24.4 Å². The van der Waals surface area contributed by atoms with Crippen molar-refractivity contribution in [2.24, 2.45) is 0 Å². The lowest BCUT2D eigenvalue weighted by Crippen LogP contribution is -2.28. The minimum Gasteiger partial charge on any atom is -0.508 e. The van der Waals surface area contributed by atoms with E-state index in [4.69, 9.17) is 4.98 Å². The van der Waals surface area contributed by atoms with E-state index < -0.39 is 0 Å². The van der Waals surface area contributed by atoms with Gasteiger partial charge in [0.1, 0.15) is 11.6 Å². The zero-order chi connectivity index (χ0) is 16.5. The topological polar surface area (TPSA) is 82.7 Å². The van der Waals surface area contributed by atoms with E-state index >= 15 is 0 Å². The van der Waals surface area contributed by atoms with Crippen molar-refractivity contribution in [2.75, 3.05) is 5.32 Å². The fourth-order valence-electron chi connectivity index (χ4n) is 3.22. The number of phenols is 1. The molecule has 2 aromatic heterocycles. The second-order valence-corrected chi connectivity index (χ2v) is 6.34. The number of nitrogens with zero attached hydrogens (tertiary/aromatic N) is 3. The Kier molecular flexibility index (Phi) is 3.82. The second-order valence-electron chi connectivity index (χ2n) is 6.34. The molecule has 6 nitrogen and oxygen atoms in total. The highest BCUT2D eigenvalue weighted by Gasteiger charge is 2.19. The molecule has 0 amide bonds. The first-order chi connectivity index (χ1) is 11.7. The molecule has 3 N–H and O–H groups in total. The number of rotatable bonds is 3. The maximum Gasteiger partial charge on any atom is 0.165 e. The SMILES string of the molecule is Oc1ccc(-c2cnn3ccc(NC4CCC(O)CC4)nc23)cc1. The van der Waals surface area contributed by atoms with E-state index in [0.717, 1.165) is 48.3 Å². The first-order valence-corrected chi connectivity index (χ1v) is 8.27. The Labute approximate surface area is 139 Å². The monoisotopic (exact) mass is 324 g/mol. The third-order valence-electron chi connectivity index (χ3n) is 4.60. The number of anilines is 1. The van der Waals surface area contributed by atoms with E-state index in [0.29, 0.717) is 6.04 Å². The van der Waals surface area contributed by atoms with Crippen LogP contribution in [-0.2, 0) is 0 Å². The molecule has 1 aromatic carbocycles. The third-order valence-corrected chi connectivity index (χ3v) is 4.60. The highest BCUT2D eigenvalue weighted by molar-refractivity contribution is 5.77. The number of aliphatic hydroxyl groups is 1. The first-order valence-electron chi connectivity index (χ1n) is 8.27. The van der Waals surface area contributed by atoms with Crippen LogP contribution < -0.4 is 5.32 Å². The van der Waals surface area contributed by atoms with E-state index in [1.54, 1.807) is 22.8 Å². The summed E-state index contributed by atoms with van der Waals surface area (Å²) in [6.45, 7) is 0. The Morgan fingerprint density at radius 3 is 2.54 bits per heavy atom. The van der Waals surface area contributed by atoms with Crippen molar-refractivity contribution in [3.63, 3.8) is 0 Å². The number of hydrogen-bond acceptors (Lipinski definition) is 5. The third kappa shape index (κ3) is 2.92. The largest absolute Gasteiger partial charge is 0.508 e. The molecule has 0 aliphatic heterocycles. The van der Waals surface area contributed by atoms with Crippen molar-refractivity contribution >= 4 is 11.5 Å². The maximum atomic E-state index is 9.62. The quantitative estimate of drug-likeness (QED) is 0.690. The lowest BCUT2D eigenvalue weighted by molar-refractivity contribution is 0.126. The van der Waals surface area contributed by atoms with Gasteiger partial charge in [0.05, 0.1) is 12.3 Å². The average molecular weight is 324 g/mol. The van der Waals surface area contributed by atoms with Gasteiger partial charge in [-0.3, -0.25) is 0 Å². The molecule has 3 aromatic rings. The van der Waals surface area contributed by atoms with Gasteiger partial charge in [-0.2, -0.15) is 5.10 Å². The van der Waals surface area contributed by atoms with Gasteiger partial charge in [-0.15, -0.1) is 0 Å². The molecule has 1 fully saturated rings. The predicted octanol–water partition coefficient (Wildman–Crippen LogP) is 2.82. The molecule has 24 heavy (non-hydrogen) atoms. The Bertz CT molecular complexity index is 836. The van der Waals surface area contributed by atoms with E-state index in [9.17, 15) is 10.2 Å². The number of phenolic OH excluding ortho intramolecular Hbond substituents is 1. The van der Waals surface area contributed by atoms with Gasteiger partial charge < -0.3 is 15.5 Å². The summed E-state index contributed by atoms with van der Waals surface area (Å²) in [5.74, 6) is 1.06. The number of hydrogen-bond donors (Lipinski definition) is 3. The number of aromatic hydroxyl groups is 1. The Balaban J connectivity index is 1.62. The molecular weight excluding hydrogens is 304 g/mol. The molecule has 0 saturated heterocycles. The van der Waals surface area contributed by atoms with Gasteiger partial charge in [0.2, 0.25) is 0 Å². The van der Waals surface area contributed by atoms with Crippen LogP contribution in [0.2, 0.25) is 0 Å². The van der Waals surface area contributed by atoms with Crippen LogP contribution >= 0.6 is 0 Å². The molecule has 2 heterocycles. The van der Waals surface area contributed by atoms with Crippen LogP contribution in [-0.4, -0.2) is 37.0 Å². The lowest BCUT2D eigenvalue weighted by Gasteiger charge is -2.26. The molecule has 124 valence electrons.